The highest BCUT2D eigenvalue weighted by atomic mass is 32.1. The molecule has 1 heterocycles. The molecule has 0 bridgehead atoms. The highest BCUT2D eigenvalue weighted by Gasteiger charge is 2.33. The third-order valence-corrected chi connectivity index (χ3v) is 6.97. The van der Waals surface area contributed by atoms with Gasteiger partial charge in [-0.25, -0.2) is 0 Å². The number of rotatable bonds is 9. The number of carbonyl (C=O) groups is 2. The number of nitrogens with one attached hydrogen (secondary N) is 1. The molecule has 0 spiro atoms. The number of thiophene rings is 1. The van der Waals surface area contributed by atoms with Crippen molar-refractivity contribution in [1.29, 1.82) is 0 Å². The molecular formula is C27H30N2O3S. The Morgan fingerprint density at radius 2 is 1.85 bits per heavy atom. The third kappa shape index (κ3) is 6.02. The van der Waals surface area contributed by atoms with Gasteiger partial charge in [0.1, 0.15) is 11.8 Å². The molecule has 0 unspecified atom stereocenters. The topological polar surface area (TPSA) is 58.6 Å². The number of carbonyl (C=O) groups excluding carboxylic acids is 2. The van der Waals surface area contributed by atoms with Crippen LogP contribution in [0.2, 0.25) is 0 Å². The molecule has 6 heteroatoms. The van der Waals surface area contributed by atoms with Crippen LogP contribution < -0.4 is 10.1 Å². The zero-order valence-corrected chi connectivity index (χ0v) is 19.7. The maximum Gasteiger partial charge on any atom is 0.247 e. The SMILES string of the molecule is COc1cccc([C@@H](C(=O)NC2CCCC2)N(Cc2ccccc2)C(=O)Cc2cccs2)c1. The third-order valence-electron chi connectivity index (χ3n) is 6.09. The second-order valence-electron chi connectivity index (χ2n) is 8.43. The van der Waals surface area contributed by atoms with E-state index in [1.54, 1.807) is 23.3 Å². The molecule has 0 radical (unpaired) electrons. The molecule has 2 amide bonds. The number of hydrogen-bond donors (Lipinski definition) is 1. The van der Waals surface area contributed by atoms with Crippen molar-refractivity contribution in [3.8, 4) is 5.75 Å². The molecule has 1 atom stereocenters. The van der Waals surface area contributed by atoms with Gasteiger partial charge in [0.25, 0.3) is 0 Å². The second-order valence-corrected chi connectivity index (χ2v) is 9.46. The van der Waals surface area contributed by atoms with E-state index in [9.17, 15) is 9.59 Å². The van der Waals surface area contributed by atoms with E-state index >= 15 is 0 Å². The molecule has 33 heavy (non-hydrogen) atoms. The maximum atomic E-state index is 13.7. The highest BCUT2D eigenvalue weighted by molar-refractivity contribution is 7.10. The molecule has 5 nitrogen and oxygen atoms in total. The summed E-state index contributed by atoms with van der Waals surface area (Å²) in [6.45, 7) is 0.352. The molecule has 0 saturated heterocycles. The van der Waals surface area contributed by atoms with Crippen molar-refractivity contribution in [3.63, 3.8) is 0 Å². The maximum absolute atomic E-state index is 13.7. The number of benzene rings is 2. The van der Waals surface area contributed by atoms with Gasteiger partial charge in [-0.15, -0.1) is 11.3 Å². The lowest BCUT2D eigenvalue weighted by molar-refractivity contribution is -0.141. The Morgan fingerprint density at radius 3 is 2.55 bits per heavy atom. The minimum absolute atomic E-state index is 0.0734. The average Bonchev–Trinajstić information content (AvgIpc) is 3.54. The van der Waals surface area contributed by atoms with Crippen LogP contribution in [-0.2, 0) is 22.6 Å². The van der Waals surface area contributed by atoms with Gasteiger partial charge in [-0.1, -0.05) is 61.4 Å². The van der Waals surface area contributed by atoms with E-state index in [4.69, 9.17) is 4.74 Å². The van der Waals surface area contributed by atoms with Gasteiger partial charge in [0.2, 0.25) is 11.8 Å². The summed E-state index contributed by atoms with van der Waals surface area (Å²) < 4.78 is 5.43. The van der Waals surface area contributed by atoms with Crippen molar-refractivity contribution in [2.45, 2.75) is 50.7 Å². The van der Waals surface area contributed by atoms with E-state index in [-0.39, 0.29) is 24.3 Å². The van der Waals surface area contributed by atoms with E-state index in [1.165, 1.54) is 0 Å². The molecule has 1 saturated carbocycles. The van der Waals surface area contributed by atoms with Crippen molar-refractivity contribution in [2.24, 2.45) is 0 Å². The fourth-order valence-electron chi connectivity index (χ4n) is 4.40. The summed E-state index contributed by atoms with van der Waals surface area (Å²) in [6.07, 6.45) is 4.48. The van der Waals surface area contributed by atoms with Crippen molar-refractivity contribution < 1.29 is 14.3 Å². The number of hydrogen-bond acceptors (Lipinski definition) is 4. The first kappa shape index (κ1) is 23.1. The van der Waals surface area contributed by atoms with Crippen LogP contribution in [0.15, 0.2) is 72.1 Å². The minimum atomic E-state index is -0.742. The fraction of sp³-hybridized carbons (Fsp3) is 0.333. The van der Waals surface area contributed by atoms with Crippen LogP contribution in [-0.4, -0.2) is 29.9 Å². The Bertz CT molecular complexity index is 1050. The predicted octanol–water partition coefficient (Wildman–Crippen LogP) is 5.13. The molecule has 1 N–H and O–H groups in total. The minimum Gasteiger partial charge on any atom is -0.497 e. The van der Waals surface area contributed by atoms with E-state index in [1.807, 2.05) is 72.1 Å². The van der Waals surface area contributed by atoms with Crippen LogP contribution >= 0.6 is 11.3 Å². The molecule has 4 rings (SSSR count). The van der Waals surface area contributed by atoms with Crippen LogP contribution in [0, 0.1) is 0 Å². The van der Waals surface area contributed by atoms with Crippen molar-refractivity contribution in [2.75, 3.05) is 7.11 Å². The number of amides is 2. The Morgan fingerprint density at radius 1 is 1.06 bits per heavy atom. The molecule has 1 fully saturated rings. The summed E-state index contributed by atoms with van der Waals surface area (Å²) in [6, 6.07) is 20.6. The predicted molar refractivity (Wildman–Crippen MR) is 131 cm³/mol. The van der Waals surface area contributed by atoms with Gasteiger partial charge in [-0.05, 0) is 47.5 Å². The standard InChI is InChI=1S/C27H30N2O3S/c1-32-23-14-7-11-21(17-23)26(27(31)28-22-12-5-6-13-22)29(19-20-9-3-2-4-10-20)25(30)18-24-15-8-16-33-24/h2-4,7-11,14-17,22,26H,5-6,12-13,18-19H2,1H3,(H,28,31)/t26-/m0/s1. The van der Waals surface area contributed by atoms with Crippen LogP contribution in [0.1, 0.15) is 47.7 Å². The van der Waals surface area contributed by atoms with Gasteiger partial charge in [0.15, 0.2) is 0 Å². The van der Waals surface area contributed by atoms with Gasteiger partial charge < -0.3 is 15.0 Å². The highest BCUT2D eigenvalue weighted by Crippen LogP contribution is 2.29. The lowest BCUT2D eigenvalue weighted by atomic mass is 10.0. The quantitative estimate of drug-likeness (QED) is 0.480. The summed E-state index contributed by atoms with van der Waals surface area (Å²) in [7, 11) is 1.61. The summed E-state index contributed by atoms with van der Waals surface area (Å²) in [5.41, 5.74) is 1.74. The zero-order valence-electron chi connectivity index (χ0n) is 18.9. The van der Waals surface area contributed by atoms with Crippen molar-refractivity contribution >= 4 is 23.2 Å². The monoisotopic (exact) mass is 462 g/mol. The zero-order chi connectivity index (χ0) is 23.0. The molecule has 172 valence electrons. The molecule has 1 aliphatic rings. The summed E-state index contributed by atoms with van der Waals surface area (Å²) in [4.78, 5) is 30.0. The largest absolute Gasteiger partial charge is 0.497 e. The molecule has 3 aromatic rings. The molecule has 0 aliphatic heterocycles. The van der Waals surface area contributed by atoms with E-state index in [2.05, 4.69) is 5.32 Å². The van der Waals surface area contributed by atoms with Gasteiger partial charge in [0, 0.05) is 17.5 Å². The Kier molecular flexibility index (Phi) is 7.79. The number of methoxy groups -OCH3 is 1. The summed E-state index contributed by atoms with van der Waals surface area (Å²) >= 11 is 1.56. The van der Waals surface area contributed by atoms with Gasteiger partial charge in [0.05, 0.1) is 13.5 Å². The Hall–Kier alpha value is -3.12. The lowest BCUT2D eigenvalue weighted by Crippen LogP contribution is -2.46. The number of nitrogens with zero attached hydrogens (tertiary/aromatic N) is 1. The summed E-state index contributed by atoms with van der Waals surface area (Å²) in [5.74, 6) is 0.456. The molecule has 1 aliphatic carbocycles. The molecule has 2 aromatic carbocycles. The second kappa shape index (κ2) is 11.1. The first-order valence-electron chi connectivity index (χ1n) is 11.4. The van der Waals surface area contributed by atoms with Crippen molar-refractivity contribution in [1.82, 2.24) is 10.2 Å². The fourth-order valence-corrected chi connectivity index (χ4v) is 5.10. The van der Waals surface area contributed by atoms with Crippen LogP contribution in [0.25, 0.3) is 0 Å². The van der Waals surface area contributed by atoms with Gasteiger partial charge in [-0.2, -0.15) is 0 Å². The van der Waals surface area contributed by atoms with Gasteiger partial charge >= 0.3 is 0 Å². The van der Waals surface area contributed by atoms with E-state index in [0.717, 1.165) is 41.7 Å². The van der Waals surface area contributed by atoms with Crippen molar-refractivity contribution in [3.05, 3.63) is 88.1 Å². The first-order chi connectivity index (χ1) is 16.1. The number of ether oxygens (including phenoxy) is 1. The average molecular weight is 463 g/mol. The van der Waals surface area contributed by atoms with Crippen LogP contribution in [0.3, 0.4) is 0 Å². The first-order valence-corrected chi connectivity index (χ1v) is 12.3. The van der Waals surface area contributed by atoms with Crippen LogP contribution in [0.5, 0.6) is 5.75 Å². The molecular weight excluding hydrogens is 432 g/mol. The van der Waals surface area contributed by atoms with E-state index < -0.39 is 6.04 Å². The lowest BCUT2D eigenvalue weighted by Gasteiger charge is -2.32. The van der Waals surface area contributed by atoms with Gasteiger partial charge in [-0.3, -0.25) is 9.59 Å². The Balaban J connectivity index is 1.71. The smallest absolute Gasteiger partial charge is 0.247 e. The van der Waals surface area contributed by atoms with Crippen LogP contribution in [0.4, 0.5) is 0 Å². The normalized spacial score (nSPS) is 14.6. The molecule has 1 aromatic heterocycles. The summed E-state index contributed by atoms with van der Waals surface area (Å²) in [5, 5.41) is 5.19. The Labute approximate surface area is 199 Å². The van der Waals surface area contributed by atoms with E-state index in [0.29, 0.717) is 12.3 Å².